The molecule has 1 aliphatic carbocycles. The molecule has 34 heavy (non-hydrogen) atoms. The summed E-state index contributed by atoms with van der Waals surface area (Å²) in [4.78, 5) is 27.3. The fourth-order valence-electron chi connectivity index (χ4n) is 4.52. The summed E-state index contributed by atoms with van der Waals surface area (Å²) in [5, 5.41) is 8.94. The molecule has 0 aliphatic heterocycles. The van der Waals surface area contributed by atoms with Crippen molar-refractivity contribution in [3.05, 3.63) is 60.2 Å². The van der Waals surface area contributed by atoms with Crippen LogP contribution in [0.3, 0.4) is 0 Å². The smallest absolute Gasteiger partial charge is 0.303 e. The van der Waals surface area contributed by atoms with Crippen molar-refractivity contribution in [2.75, 3.05) is 0 Å². The van der Waals surface area contributed by atoms with Crippen LogP contribution >= 0.6 is 0 Å². The second-order valence-electron chi connectivity index (χ2n) is 8.90. The highest BCUT2D eigenvalue weighted by molar-refractivity contribution is 5.80. The molecule has 1 aliphatic rings. The maximum absolute atomic E-state index is 15.0. The van der Waals surface area contributed by atoms with Gasteiger partial charge in [-0.2, -0.15) is 0 Å². The average molecular weight is 461 g/mol. The first-order valence-electron chi connectivity index (χ1n) is 11.4. The molecule has 0 bridgehead atoms. The molecule has 5 rings (SSSR count). The third kappa shape index (κ3) is 4.76. The van der Waals surface area contributed by atoms with Gasteiger partial charge in [-0.15, -0.1) is 0 Å². The molecule has 0 unspecified atom stereocenters. The number of halogens is 1. The molecular formula is C26H25FN4O3. The molecule has 8 heteroatoms. The number of ether oxygens (including phenoxy) is 1. The number of aromatic amines is 1. The number of aromatic nitrogens is 4. The van der Waals surface area contributed by atoms with Crippen LogP contribution in [0.15, 0.2) is 48.8 Å². The molecule has 1 fully saturated rings. The maximum Gasteiger partial charge on any atom is 0.303 e. The largest absolute Gasteiger partial charge is 0.481 e. The Morgan fingerprint density at radius 2 is 1.94 bits per heavy atom. The van der Waals surface area contributed by atoms with E-state index in [2.05, 4.69) is 19.9 Å². The molecule has 7 nitrogen and oxygen atoms in total. The fraction of sp³-hybridized carbons (Fsp3) is 0.308. The number of benzene rings is 2. The molecule has 2 N–H and O–H groups in total. The standard InChI is InChI=1S/C26H25FN4O3/c1-15-2-9-21-22(10-15)31-26(30-21)19-8-5-17(12-20(19)27)23-13-29-24(14-28-23)34-18-6-3-16(4-7-18)11-25(32)33/h2,5,8-10,12-14,16,18H,3-4,6-7,11H2,1H3,(H,30,31)(H,32,33). The molecule has 4 aromatic rings. The van der Waals surface area contributed by atoms with Crippen LogP contribution in [-0.2, 0) is 4.79 Å². The first kappa shape index (κ1) is 22.0. The van der Waals surface area contributed by atoms with E-state index in [1.165, 1.54) is 6.07 Å². The van der Waals surface area contributed by atoms with Gasteiger partial charge in [0.05, 0.1) is 34.7 Å². The zero-order valence-corrected chi connectivity index (χ0v) is 18.8. The summed E-state index contributed by atoms with van der Waals surface area (Å²) in [5.74, 6) is -0.0264. The number of carboxylic acid groups (broad SMARTS) is 1. The van der Waals surface area contributed by atoms with Crippen molar-refractivity contribution in [1.29, 1.82) is 0 Å². The number of fused-ring (bicyclic) bond motifs is 1. The summed E-state index contributed by atoms with van der Waals surface area (Å²) < 4.78 is 20.9. The first-order valence-corrected chi connectivity index (χ1v) is 11.4. The third-order valence-electron chi connectivity index (χ3n) is 6.33. The highest BCUT2D eigenvalue weighted by atomic mass is 19.1. The molecule has 0 saturated heterocycles. The second-order valence-corrected chi connectivity index (χ2v) is 8.90. The van der Waals surface area contributed by atoms with Gasteiger partial charge in [0.1, 0.15) is 17.7 Å². The van der Waals surface area contributed by atoms with Gasteiger partial charge in [-0.3, -0.25) is 4.79 Å². The van der Waals surface area contributed by atoms with Crippen LogP contribution in [-0.4, -0.2) is 37.1 Å². The van der Waals surface area contributed by atoms with Gasteiger partial charge in [0, 0.05) is 12.0 Å². The lowest BCUT2D eigenvalue weighted by Crippen LogP contribution is -2.25. The van der Waals surface area contributed by atoms with Crippen molar-refractivity contribution in [3.63, 3.8) is 0 Å². The SMILES string of the molecule is Cc1ccc2nc(-c3ccc(-c4cnc(OC5CCC(CC(=O)O)CC5)cn4)cc3F)[nH]c2c1. The number of aliphatic carboxylic acids is 1. The number of H-pyrrole nitrogens is 1. The summed E-state index contributed by atoms with van der Waals surface area (Å²) in [5.41, 5.74) is 4.32. The minimum Gasteiger partial charge on any atom is -0.481 e. The predicted molar refractivity (Wildman–Crippen MR) is 126 cm³/mol. The van der Waals surface area contributed by atoms with E-state index in [-0.39, 0.29) is 18.4 Å². The Bertz CT molecular complexity index is 1330. The summed E-state index contributed by atoms with van der Waals surface area (Å²) in [6, 6.07) is 10.8. The average Bonchev–Trinajstić information content (AvgIpc) is 3.23. The van der Waals surface area contributed by atoms with Crippen molar-refractivity contribution >= 4 is 17.0 Å². The van der Waals surface area contributed by atoms with Gasteiger partial charge in [0.2, 0.25) is 5.88 Å². The van der Waals surface area contributed by atoms with E-state index in [1.807, 2.05) is 25.1 Å². The van der Waals surface area contributed by atoms with Crippen LogP contribution in [0.25, 0.3) is 33.7 Å². The Labute approximate surface area is 196 Å². The zero-order valence-electron chi connectivity index (χ0n) is 18.8. The lowest BCUT2D eigenvalue weighted by Gasteiger charge is -2.27. The molecule has 0 radical (unpaired) electrons. The number of nitrogens with zero attached hydrogens (tertiary/aromatic N) is 3. The number of hydrogen-bond acceptors (Lipinski definition) is 5. The fourth-order valence-corrected chi connectivity index (χ4v) is 4.52. The zero-order chi connectivity index (χ0) is 23.7. The first-order chi connectivity index (χ1) is 16.4. The predicted octanol–water partition coefficient (Wildman–Crippen LogP) is 5.55. The van der Waals surface area contributed by atoms with Crippen LogP contribution in [0.2, 0.25) is 0 Å². The van der Waals surface area contributed by atoms with Crippen molar-refractivity contribution in [2.24, 2.45) is 5.92 Å². The highest BCUT2D eigenvalue weighted by Gasteiger charge is 2.24. The van der Waals surface area contributed by atoms with Crippen LogP contribution in [0.1, 0.15) is 37.7 Å². The van der Waals surface area contributed by atoms with Crippen molar-refractivity contribution in [1.82, 2.24) is 19.9 Å². The second kappa shape index (κ2) is 9.21. The Kier molecular flexibility index (Phi) is 5.96. The molecule has 0 amide bonds. The van der Waals surface area contributed by atoms with Gasteiger partial charge in [-0.25, -0.2) is 19.3 Å². The molecule has 0 spiro atoms. The van der Waals surface area contributed by atoms with E-state index in [0.717, 1.165) is 42.3 Å². The number of hydrogen-bond donors (Lipinski definition) is 2. The van der Waals surface area contributed by atoms with E-state index in [9.17, 15) is 9.18 Å². The number of nitrogens with one attached hydrogen (secondary N) is 1. The number of rotatable bonds is 6. The highest BCUT2D eigenvalue weighted by Crippen LogP contribution is 2.30. The van der Waals surface area contributed by atoms with Gasteiger partial charge < -0.3 is 14.8 Å². The monoisotopic (exact) mass is 460 g/mol. The van der Waals surface area contributed by atoms with Crippen LogP contribution < -0.4 is 4.74 Å². The van der Waals surface area contributed by atoms with Crippen LogP contribution in [0, 0.1) is 18.7 Å². The molecule has 2 heterocycles. The van der Waals surface area contributed by atoms with Gasteiger partial charge >= 0.3 is 5.97 Å². The lowest BCUT2D eigenvalue weighted by molar-refractivity contribution is -0.138. The molecule has 1 saturated carbocycles. The molecular weight excluding hydrogens is 435 g/mol. The number of carboxylic acids is 1. The number of imidazole rings is 1. The van der Waals surface area contributed by atoms with Gasteiger partial charge in [-0.05, 0) is 68.4 Å². The quantitative estimate of drug-likeness (QED) is 0.391. The normalized spacial score (nSPS) is 18.2. The van der Waals surface area contributed by atoms with Gasteiger partial charge in [0.15, 0.2) is 0 Å². The molecule has 174 valence electrons. The summed E-state index contributed by atoms with van der Waals surface area (Å²) >= 11 is 0. The van der Waals surface area contributed by atoms with Crippen molar-refractivity contribution < 1.29 is 19.0 Å². The van der Waals surface area contributed by atoms with Gasteiger partial charge in [0.25, 0.3) is 0 Å². The summed E-state index contributed by atoms with van der Waals surface area (Å²) in [7, 11) is 0. The topological polar surface area (TPSA) is 101 Å². The minimum absolute atomic E-state index is 0.00881. The molecule has 2 aromatic heterocycles. The lowest BCUT2D eigenvalue weighted by atomic mass is 9.85. The Morgan fingerprint density at radius 3 is 2.65 bits per heavy atom. The van der Waals surface area contributed by atoms with E-state index in [0.29, 0.717) is 28.5 Å². The van der Waals surface area contributed by atoms with Gasteiger partial charge in [-0.1, -0.05) is 12.1 Å². The van der Waals surface area contributed by atoms with Crippen molar-refractivity contribution in [2.45, 2.75) is 45.1 Å². The number of aryl methyl sites for hydroxylation is 1. The van der Waals surface area contributed by atoms with E-state index >= 15 is 0 Å². The summed E-state index contributed by atoms with van der Waals surface area (Å²) in [6.45, 7) is 2.00. The Morgan fingerprint density at radius 1 is 1.12 bits per heavy atom. The summed E-state index contributed by atoms with van der Waals surface area (Å²) in [6.07, 6.45) is 6.61. The minimum atomic E-state index is -0.747. The molecule has 2 aromatic carbocycles. The van der Waals surface area contributed by atoms with E-state index in [1.54, 1.807) is 24.5 Å². The van der Waals surface area contributed by atoms with Crippen molar-refractivity contribution in [3.8, 4) is 28.5 Å². The van der Waals surface area contributed by atoms with Crippen LogP contribution in [0.4, 0.5) is 4.39 Å². The van der Waals surface area contributed by atoms with E-state index in [4.69, 9.17) is 9.84 Å². The Hall–Kier alpha value is -3.81. The molecule has 0 atom stereocenters. The third-order valence-corrected chi connectivity index (χ3v) is 6.33. The van der Waals surface area contributed by atoms with Crippen LogP contribution in [0.5, 0.6) is 5.88 Å². The maximum atomic E-state index is 15.0. The number of carbonyl (C=O) groups is 1. The van der Waals surface area contributed by atoms with E-state index < -0.39 is 11.8 Å². The Balaban J connectivity index is 1.26.